The van der Waals surface area contributed by atoms with Gasteiger partial charge in [-0.25, -0.2) is 0 Å². The standard InChI is InChI=1S/C40H33N/c1-26-29(18-11-25-41-26)27-19-21-28(22-20-27)38-32-14-7-9-16-34(32)39(35-17-10-8-15-33(35)38)36-23-24-37(40(2,3)4)31-13-6-5-12-30(31)36/h5-25H,1-4H3. The van der Waals surface area contributed by atoms with E-state index in [4.69, 9.17) is 0 Å². The van der Waals surface area contributed by atoms with E-state index in [1.165, 1.54) is 71.3 Å². The van der Waals surface area contributed by atoms with Gasteiger partial charge in [0.15, 0.2) is 0 Å². The molecule has 1 aromatic heterocycles. The topological polar surface area (TPSA) is 12.9 Å². The first kappa shape index (κ1) is 25.2. The Morgan fingerprint density at radius 1 is 0.439 bits per heavy atom. The lowest BCUT2D eigenvalue weighted by molar-refractivity contribution is 0.596. The molecule has 198 valence electrons. The highest BCUT2D eigenvalue weighted by molar-refractivity contribution is 6.23. The van der Waals surface area contributed by atoms with Gasteiger partial charge in [-0.2, -0.15) is 0 Å². The zero-order chi connectivity index (χ0) is 28.1. The molecule has 41 heavy (non-hydrogen) atoms. The van der Waals surface area contributed by atoms with Crippen LogP contribution in [0.15, 0.2) is 128 Å². The van der Waals surface area contributed by atoms with Gasteiger partial charge >= 0.3 is 0 Å². The number of rotatable bonds is 3. The summed E-state index contributed by atoms with van der Waals surface area (Å²) in [5.41, 5.74) is 9.95. The van der Waals surface area contributed by atoms with Crippen molar-refractivity contribution in [2.75, 3.05) is 0 Å². The predicted octanol–water partition coefficient (Wildman–Crippen LogP) is 11.1. The zero-order valence-corrected chi connectivity index (χ0v) is 24.1. The normalized spacial score (nSPS) is 11.9. The van der Waals surface area contributed by atoms with E-state index in [0.29, 0.717) is 0 Å². The molecule has 0 aliphatic carbocycles. The Bertz CT molecular complexity index is 2020. The molecule has 0 atom stereocenters. The first-order valence-electron chi connectivity index (χ1n) is 14.4. The van der Waals surface area contributed by atoms with Gasteiger partial charge in [-0.05, 0) is 84.1 Å². The Morgan fingerprint density at radius 3 is 1.51 bits per heavy atom. The summed E-state index contributed by atoms with van der Waals surface area (Å²) in [6.45, 7) is 8.97. The van der Waals surface area contributed by atoms with E-state index >= 15 is 0 Å². The summed E-state index contributed by atoms with van der Waals surface area (Å²) in [6, 6.07) is 44.6. The highest BCUT2D eigenvalue weighted by Crippen LogP contribution is 2.46. The number of aromatic nitrogens is 1. The number of fused-ring (bicyclic) bond motifs is 3. The minimum atomic E-state index is 0.0621. The van der Waals surface area contributed by atoms with E-state index < -0.39 is 0 Å². The maximum atomic E-state index is 4.50. The van der Waals surface area contributed by atoms with E-state index in [9.17, 15) is 0 Å². The van der Waals surface area contributed by atoms with Gasteiger partial charge in [0.05, 0.1) is 0 Å². The molecule has 0 saturated carbocycles. The van der Waals surface area contributed by atoms with Crippen molar-refractivity contribution in [3.63, 3.8) is 0 Å². The van der Waals surface area contributed by atoms with Crippen LogP contribution < -0.4 is 0 Å². The van der Waals surface area contributed by atoms with Crippen molar-refractivity contribution >= 4 is 32.3 Å². The Labute approximate surface area is 242 Å². The van der Waals surface area contributed by atoms with Crippen LogP contribution in [0.25, 0.3) is 65.7 Å². The van der Waals surface area contributed by atoms with Crippen LogP contribution in [0.1, 0.15) is 32.0 Å². The van der Waals surface area contributed by atoms with Gasteiger partial charge in [0.1, 0.15) is 0 Å². The highest BCUT2D eigenvalue weighted by atomic mass is 14.7. The maximum Gasteiger partial charge on any atom is 0.0450 e. The third kappa shape index (κ3) is 4.21. The lowest BCUT2D eigenvalue weighted by Crippen LogP contribution is -2.11. The molecule has 0 bridgehead atoms. The van der Waals surface area contributed by atoms with Crippen LogP contribution in [-0.2, 0) is 5.41 Å². The van der Waals surface area contributed by atoms with E-state index in [-0.39, 0.29) is 5.41 Å². The van der Waals surface area contributed by atoms with E-state index in [1.54, 1.807) is 0 Å². The number of pyridine rings is 1. The summed E-state index contributed by atoms with van der Waals surface area (Å²) in [4.78, 5) is 4.50. The maximum absolute atomic E-state index is 4.50. The third-order valence-electron chi connectivity index (χ3n) is 8.42. The summed E-state index contributed by atoms with van der Waals surface area (Å²) in [5, 5.41) is 7.74. The molecule has 1 nitrogen and oxygen atoms in total. The summed E-state index contributed by atoms with van der Waals surface area (Å²) in [5.74, 6) is 0. The van der Waals surface area contributed by atoms with Crippen LogP contribution in [0.3, 0.4) is 0 Å². The Balaban J connectivity index is 1.52. The van der Waals surface area contributed by atoms with Gasteiger partial charge in [-0.3, -0.25) is 4.98 Å². The number of nitrogens with zero attached hydrogens (tertiary/aromatic N) is 1. The molecule has 0 unspecified atom stereocenters. The van der Waals surface area contributed by atoms with Crippen molar-refractivity contribution in [1.82, 2.24) is 4.98 Å². The fraction of sp³-hybridized carbons (Fsp3) is 0.125. The van der Waals surface area contributed by atoms with Crippen molar-refractivity contribution in [3.05, 3.63) is 139 Å². The highest BCUT2D eigenvalue weighted by Gasteiger charge is 2.21. The molecule has 7 aromatic rings. The van der Waals surface area contributed by atoms with Crippen molar-refractivity contribution in [3.8, 4) is 33.4 Å². The summed E-state index contributed by atoms with van der Waals surface area (Å²) < 4.78 is 0. The second-order valence-corrected chi connectivity index (χ2v) is 12.0. The molecule has 0 saturated heterocycles. The number of benzene rings is 6. The first-order valence-corrected chi connectivity index (χ1v) is 14.4. The Hall–Kier alpha value is -4.75. The molecule has 6 aromatic carbocycles. The molecule has 0 amide bonds. The van der Waals surface area contributed by atoms with Crippen LogP contribution in [0, 0.1) is 6.92 Å². The molecular weight excluding hydrogens is 494 g/mol. The summed E-state index contributed by atoms with van der Waals surface area (Å²) >= 11 is 0. The average Bonchev–Trinajstić information content (AvgIpc) is 2.99. The average molecular weight is 528 g/mol. The van der Waals surface area contributed by atoms with E-state index in [1.807, 2.05) is 12.3 Å². The molecule has 1 heterocycles. The monoisotopic (exact) mass is 527 g/mol. The van der Waals surface area contributed by atoms with Crippen LogP contribution >= 0.6 is 0 Å². The van der Waals surface area contributed by atoms with Crippen LogP contribution in [0.4, 0.5) is 0 Å². The largest absolute Gasteiger partial charge is 0.261 e. The lowest BCUT2D eigenvalue weighted by atomic mass is 9.80. The van der Waals surface area contributed by atoms with Gasteiger partial charge < -0.3 is 0 Å². The minimum Gasteiger partial charge on any atom is -0.261 e. The quantitative estimate of drug-likeness (QED) is 0.208. The first-order chi connectivity index (χ1) is 19.9. The SMILES string of the molecule is Cc1ncccc1-c1ccc(-c2c3ccccc3c(-c3ccc(C(C)(C)C)c4ccccc34)c3ccccc23)cc1. The van der Waals surface area contributed by atoms with Crippen molar-refractivity contribution in [2.45, 2.75) is 33.1 Å². The molecule has 0 aliphatic heterocycles. The fourth-order valence-corrected chi connectivity index (χ4v) is 6.51. The Morgan fingerprint density at radius 2 is 0.951 bits per heavy atom. The second-order valence-electron chi connectivity index (χ2n) is 12.0. The smallest absolute Gasteiger partial charge is 0.0450 e. The van der Waals surface area contributed by atoms with Crippen molar-refractivity contribution in [1.29, 1.82) is 0 Å². The van der Waals surface area contributed by atoms with Crippen molar-refractivity contribution < 1.29 is 0 Å². The van der Waals surface area contributed by atoms with Gasteiger partial charge in [-0.1, -0.05) is 136 Å². The van der Waals surface area contributed by atoms with Gasteiger partial charge in [0.25, 0.3) is 0 Å². The van der Waals surface area contributed by atoms with Gasteiger partial charge in [0.2, 0.25) is 0 Å². The Kier molecular flexibility index (Phi) is 5.98. The van der Waals surface area contributed by atoms with Crippen LogP contribution in [-0.4, -0.2) is 4.98 Å². The number of hydrogen-bond donors (Lipinski definition) is 0. The number of aryl methyl sites for hydroxylation is 1. The molecule has 0 spiro atoms. The second kappa shape index (κ2) is 9.71. The lowest BCUT2D eigenvalue weighted by Gasteiger charge is -2.24. The van der Waals surface area contributed by atoms with E-state index in [0.717, 1.165) is 5.69 Å². The molecule has 1 heteroatoms. The summed E-state index contributed by atoms with van der Waals surface area (Å²) in [7, 11) is 0. The molecule has 0 fully saturated rings. The third-order valence-corrected chi connectivity index (χ3v) is 8.42. The fourth-order valence-electron chi connectivity index (χ4n) is 6.51. The predicted molar refractivity (Wildman–Crippen MR) is 176 cm³/mol. The van der Waals surface area contributed by atoms with Crippen LogP contribution in [0.5, 0.6) is 0 Å². The van der Waals surface area contributed by atoms with Gasteiger partial charge in [0, 0.05) is 17.5 Å². The molecule has 0 aliphatic rings. The molecule has 0 N–H and O–H groups in total. The van der Waals surface area contributed by atoms with Crippen molar-refractivity contribution in [2.24, 2.45) is 0 Å². The summed E-state index contributed by atoms with van der Waals surface area (Å²) in [6.07, 6.45) is 1.85. The molecule has 0 radical (unpaired) electrons. The van der Waals surface area contributed by atoms with Crippen LogP contribution in [0.2, 0.25) is 0 Å². The van der Waals surface area contributed by atoms with Gasteiger partial charge in [-0.15, -0.1) is 0 Å². The minimum absolute atomic E-state index is 0.0621. The number of hydrogen-bond acceptors (Lipinski definition) is 1. The zero-order valence-electron chi connectivity index (χ0n) is 24.1. The van der Waals surface area contributed by atoms with E-state index in [2.05, 4.69) is 148 Å². The molecule has 7 rings (SSSR count). The molecular formula is C40H33N.